The monoisotopic (exact) mass is 361 g/mol. The van der Waals surface area contributed by atoms with Gasteiger partial charge in [0.1, 0.15) is 5.75 Å². The van der Waals surface area contributed by atoms with Crippen LogP contribution in [-0.2, 0) is 4.79 Å². The lowest BCUT2D eigenvalue weighted by atomic mass is 10.2. The fourth-order valence-corrected chi connectivity index (χ4v) is 2.85. The Morgan fingerprint density at radius 3 is 2.48 bits per heavy atom. The molecule has 1 N–H and O–H groups in total. The van der Waals surface area contributed by atoms with Gasteiger partial charge in [0, 0.05) is 44.9 Å². The number of hydrogen-bond donors (Lipinski definition) is 1. The van der Waals surface area contributed by atoms with E-state index in [1.54, 1.807) is 14.0 Å². The maximum atomic E-state index is 11.4. The lowest BCUT2D eigenvalue weighted by Crippen LogP contribution is -2.48. The predicted molar refractivity (Wildman–Crippen MR) is 97.8 cm³/mol. The molecule has 1 fully saturated rings. The third-order valence-corrected chi connectivity index (χ3v) is 4.34. The SMILES string of the molecule is COc1cc(N2CCN(C(C)=O)CC2)ccc1Nc1ncc(Cl)cn1. The number of hydrogen-bond acceptors (Lipinski definition) is 6. The Balaban J connectivity index is 1.73. The van der Waals surface area contributed by atoms with E-state index in [0.717, 1.165) is 37.6 Å². The zero-order chi connectivity index (χ0) is 17.8. The molecule has 25 heavy (non-hydrogen) atoms. The van der Waals surface area contributed by atoms with E-state index in [2.05, 4.69) is 20.2 Å². The van der Waals surface area contributed by atoms with Crippen LogP contribution >= 0.6 is 11.6 Å². The first-order valence-electron chi connectivity index (χ1n) is 8.00. The van der Waals surface area contributed by atoms with Gasteiger partial charge in [0.15, 0.2) is 0 Å². The minimum absolute atomic E-state index is 0.125. The summed E-state index contributed by atoms with van der Waals surface area (Å²) in [6.45, 7) is 4.68. The Kier molecular flexibility index (Phi) is 5.23. The van der Waals surface area contributed by atoms with Crippen LogP contribution in [-0.4, -0.2) is 54.1 Å². The molecule has 0 aliphatic carbocycles. The first kappa shape index (κ1) is 17.3. The van der Waals surface area contributed by atoms with E-state index in [4.69, 9.17) is 16.3 Å². The molecule has 0 bridgehead atoms. The van der Waals surface area contributed by atoms with Gasteiger partial charge in [-0.2, -0.15) is 0 Å². The second-order valence-electron chi connectivity index (χ2n) is 5.73. The molecular weight excluding hydrogens is 342 g/mol. The summed E-state index contributed by atoms with van der Waals surface area (Å²) >= 11 is 5.80. The van der Waals surface area contributed by atoms with Crippen LogP contribution in [0.4, 0.5) is 17.3 Å². The number of nitrogens with zero attached hydrogens (tertiary/aromatic N) is 4. The molecule has 7 nitrogen and oxygen atoms in total. The lowest BCUT2D eigenvalue weighted by molar-refractivity contribution is -0.129. The minimum Gasteiger partial charge on any atom is -0.494 e. The van der Waals surface area contributed by atoms with Crippen LogP contribution in [0, 0.1) is 0 Å². The summed E-state index contributed by atoms with van der Waals surface area (Å²) in [5.41, 5.74) is 1.83. The molecule has 1 aromatic heterocycles. The summed E-state index contributed by atoms with van der Waals surface area (Å²) in [5, 5.41) is 3.61. The second-order valence-corrected chi connectivity index (χ2v) is 6.16. The highest BCUT2D eigenvalue weighted by molar-refractivity contribution is 6.30. The van der Waals surface area contributed by atoms with Gasteiger partial charge in [0.05, 0.1) is 30.2 Å². The van der Waals surface area contributed by atoms with Crippen LogP contribution in [0.1, 0.15) is 6.92 Å². The molecule has 8 heteroatoms. The van der Waals surface area contributed by atoms with Crippen LogP contribution in [0.15, 0.2) is 30.6 Å². The van der Waals surface area contributed by atoms with E-state index in [1.165, 1.54) is 12.4 Å². The third kappa shape index (κ3) is 4.11. The molecule has 2 heterocycles. The highest BCUT2D eigenvalue weighted by atomic mass is 35.5. The summed E-state index contributed by atoms with van der Waals surface area (Å²) in [5.74, 6) is 1.27. The molecule has 1 aliphatic rings. The molecule has 1 aromatic carbocycles. The van der Waals surface area contributed by atoms with Crippen molar-refractivity contribution in [1.29, 1.82) is 0 Å². The van der Waals surface area contributed by atoms with Crippen LogP contribution in [0.2, 0.25) is 5.02 Å². The average Bonchev–Trinajstić information content (AvgIpc) is 2.64. The average molecular weight is 362 g/mol. The van der Waals surface area contributed by atoms with Crippen LogP contribution in [0.25, 0.3) is 0 Å². The molecule has 1 aliphatic heterocycles. The summed E-state index contributed by atoms with van der Waals surface area (Å²) in [6.07, 6.45) is 3.07. The molecule has 132 valence electrons. The number of halogens is 1. The van der Waals surface area contributed by atoms with Crippen LogP contribution in [0.3, 0.4) is 0 Å². The molecular formula is C17H20ClN5O2. The topological polar surface area (TPSA) is 70.6 Å². The van der Waals surface area contributed by atoms with Crippen molar-refractivity contribution in [2.45, 2.75) is 6.92 Å². The Bertz CT molecular complexity index is 745. The third-order valence-electron chi connectivity index (χ3n) is 4.14. The maximum Gasteiger partial charge on any atom is 0.227 e. The van der Waals surface area contributed by atoms with Crippen LogP contribution in [0.5, 0.6) is 5.75 Å². The van der Waals surface area contributed by atoms with Crippen molar-refractivity contribution in [1.82, 2.24) is 14.9 Å². The summed E-state index contributed by atoms with van der Waals surface area (Å²) < 4.78 is 5.50. The number of methoxy groups -OCH3 is 1. The molecule has 0 saturated carbocycles. The fraction of sp³-hybridized carbons (Fsp3) is 0.353. The lowest BCUT2D eigenvalue weighted by Gasteiger charge is -2.35. The van der Waals surface area contributed by atoms with E-state index in [9.17, 15) is 4.79 Å². The molecule has 1 saturated heterocycles. The van der Waals surface area contributed by atoms with Crippen LogP contribution < -0.4 is 15.0 Å². The smallest absolute Gasteiger partial charge is 0.227 e. The number of carbonyl (C=O) groups excluding carboxylic acids is 1. The van der Waals surface area contributed by atoms with E-state index in [-0.39, 0.29) is 5.91 Å². The summed E-state index contributed by atoms with van der Waals surface area (Å²) in [6, 6.07) is 5.93. The first-order chi connectivity index (χ1) is 12.1. The fourth-order valence-electron chi connectivity index (χ4n) is 2.76. The molecule has 2 aromatic rings. The molecule has 0 unspecified atom stereocenters. The number of amides is 1. The number of benzene rings is 1. The van der Waals surface area contributed by atoms with Crippen molar-refractivity contribution in [3.8, 4) is 5.75 Å². The Morgan fingerprint density at radius 2 is 1.88 bits per heavy atom. The highest BCUT2D eigenvalue weighted by Gasteiger charge is 2.19. The van der Waals surface area contributed by atoms with E-state index in [0.29, 0.717) is 16.7 Å². The van der Waals surface area contributed by atoms with E-state index in [1.807, 2.05) is 23.1 Å². The summed E-state index contributed by atoms with van der Waals surface area (Å²) in [4.78, 5) is 23.8. The quantitative estimate of drug-likeness (QED) is 0.902. The van der Waals surface area contributed by atoms with Crippen molar-refractivity contribution in [3.63, 3.8) is 0 Å². The van der Waals surface area contributed by atoms with Gasteiger partial charge < -0.3 is 19.9 Å². The van der Waals surface area contributed by atoms with Crippen molar-refractivity contribution in [2.24, 2.45) is 0 Å². The predicted octanol–water partition coefficient (Wildman–Crippen LogP) is 2.55. The van der Waals surface area contributed by atoms with Gasteiger partial charge in [0.2, 0.25) is 11.9 Å². The van der Waals surface area contributed by atoms with Gasteiger partial charge in [-0.25, -0.2) is 9.97 Å². The Morgan fingerprint density at radius 1 is 1.20 bits per heavy atom. The number of anilines is 3. The normalized spacial score (nSPS) is 14.4. The molecule has 1 amide bonds. The number of ether oxygens (including phenoxy) is 1. The highest BCUT2D eigenvalue weighted by Crippen LogP contribution is 2.31. The number of aromatic nitrogens is 2. The van der Waals surface area contributed by atoms with Gasteiger partial charge in [-0.3, -0.25) is 4.79 Å². The van der Waals surface area contributed by atoms with Crippen molar-refractivity contribution in [3.05, 3.63) is 35.6 Å². The first-order valence-corrected chi connectivity index (χ1v) is 8.37. The van der Waals surface area contributed by atoms with Gasteiger partial charge in [-0.05, 0) is 12.1 Å². The number of carbonyl (C=O) groups is 1. The second kappa shape index (κ2) is 7.57. The minimum atomic E-state index is 0.125. The zero-order valence-electron chi connectivity index (χ0n) is 14.2. The van der Waals surface area contributed by atoms with Crippen molar-refractivity contribution in [2.75, 3.05) is 43.5 Å². The maximum absolute atomic E-state index is 11.4. The Labute approximate surface area is 151 Å². The largest absolute Gasteiger partial charge is 0.494 e. The summed E-state index contributed by atoms with van der Waals surface area (Å²) in [7, 11) is 1.63. The molecule has 0 spiro atoms. The molecule has 3 rings (SSSR count). The van der Waals surface area contributed by atoms with E-state index < -0.39 is 0 Å². The van der Waals surface area contributed by atoms with Gasteiger partial charge in [-0.1, -0.05) is 11.6 Å². The Hall–Kier alpha value is -2.54. The number of piperazine rings is 1. The van der Waals surface area contributed by atoms with Crippen molar-refractivity contribution >= 4 is 34.8 Å². The number of nitrogens with one attached hydrogen (secondary N) is 1. The number of rotatable bonds is 4. The van der Waals surface area contributed by atoms with Gasteiger partial charge >= 0.3 is 0 Å². The zero-order valence-corrected chi connectivity index (χ0v) is 15.0. The van der Waals surface area contributed by atoms with Crippen molar-refractivity contribution < 1.29 is 9.53 Å². The molecule has 0 atom stereocenters. The van der Waals surface area contributed by atoms with E-state index >= 15 is 0 Å². The molecule has 0 radical (unpaired) electrons. The standard InChI is InChI=1S/C17H20ClN5O2/c1-12(24)22-5-7-23(8-6-22)14-3-4-15(16(9-14)25-2)21-17-19-10-13(18)11-20-17/h3-4,9-11H,5-8H2,1-2H3,(H,19,20,21). The van der Waals surface area contributed by atoms with Gasteiger partial charge in [0.25, 0.3) is 0 Å². The van der Waals surface area contributed by atoms with Gasteiger partial charge in [-0.15, -0.1) is 0 Å².